The van der Waals surface area contributed by atoms with E-state index in [9.17, 15) is 14.9 Å². The molecule has 0 saturated carbocycles. The number of furan rings is 1. The van der Waals surface area contributed by atoms with Crippen LogP contribution in [0.3, 0.4) is 0 Å². The minimum Gasteiger partial charge on any atom is -0.477 e. The van der Waals surface area contributed by atoms with E-state index in [-0.39, 0.29) is 18.1 Å². The van der Waals surface area contributed by atoms with E-state index in [0.717, 1.165) is 17.1 Å². The number of rotatable bonds is 7. The van der Waals surface area contributed by atoms with Crippen molar-refractivity contribution in [3.63, 3.8) is 0 Å². The van der Waals surface area contributed by atoms with Crippen molar-refractivity contribution in [3.8, 4) is 5.75 Å². The van der Waals surface area contributed by atoms with Gasteiger partial charge in [-0.25, -0.2) is 0 Å². The molecule has 0 aromatic carbocycles. The highest BCUT2D eigenvalue weighted by Gasteiger charge is 2.21. The Balaban J connectivity index is 1.77. The first-order chi connectivity index (χ1) is 12.9. The fourth-order valence-electron chi connectivity index (χ4n) is 2.88. The van der Waals surface area contributed by atoms with Crippen molar-refractivity contribution in [1.29, 1.82) is 0 Å². The molecule has 8 nitrogen and oxygen atoms in total. The van der Waals surface area contributed by atoms with Crippen molar-refractivity contribution in [1.82, 2.24) is 9.55 Å². The summed E-state index contributed by atoms with van der Waals surface area (Å²) in [6.07, 6.45) is 1.60. The fraction of sp³-hybridized carbons (Fsp3) is 0.263. The number of nitrogens with zero attached hydrogens (tertiary/aromatic N) is 3. The molecular weight excluding hydrogens is 350 g/mol. The van der Waals surface area contributed by atoms with E-state index < -0.39 is 10.7 Å². The Morgan fingerprint density at radius 3 is 2.74 bits per heavy atom. The highest BCUT2D eigenvalue weighted by Crippen LogP contribution is 2.25. The molecule has 3 rings (SSSR count). The first-order valence-corrected chi connectivity index (χ1v) is 8.34. The molecule has 3 heterocycles. The minimum absolute atomic E-state index is 0.0247. The zero-order chi connectivity index (χ0) is 19.6. The molecule has 0 unspecified atom stereocenters. The quantitative estimate of drug-likeness (QED) is 0.358. The number of hydrogen-bond acceptors (Lipinski definition) is 6. The Bertz CT molecular complexity index is 989. The second-order valence-electron chi connectivity index (χ2n) is 6.19. The largest absolute Gasteiger partial charge is 0.477 e. The lowest BCUT2D eigenvalue weighted by Crippen LogP contribution is -2.14. The zero-order valence-corrected chi connectivity index (χ0v) is 15.3. The zero-order valence-electron chi connectivity index (χ0n) is 15.3. The number of nitro groups is 1. The topological polar surface area (TPSA) is 100 Å². The molecule has 8 heteroatoms. The molecular formula is C19H19N3O5. The lowest BCUT2D eigenvalue weighted by molar-refractivity contribution is -0.390. The third-order valence-corrected chi connectivity index (χ3v) is 4.28. The average Bonchev–Trinajstić information content (AvgIpc) is 3.24. The van der Waals surface area contributed by atoms with Crippen LogP contribution in [-0.2, 0) is 6.54 Å². The predicted molar refractivity (Wildman–Crippen MR) is 97.2 cm³/mol. The van der Waals surface area contributed by atoms with Crippen LogP contribution in [0.1, 0.15) is 33.2 Å². The predicted octanol–water partition coefficient (Wildman–Crippen LogP) is 3.62. The van der Waals surface area contributed by atoms with E-state index in [4.69, 9.17) is 9.15 Å². The van der Waals surface area contributed by atoms with Crippen molar-refractivity contribution >= 4 is 11.6 Å². The lowest BCUT2D eigenvalue weighted by Gasteiger charge is -2.08. The molecule has 0 fully saturated rings. The summed E-state index contributed by atoms with van der Waals surface area (Å²) in [6.45, 7) is 5.61. The molecule has 0 saturated heterocycles. The molecule has 0 atom stereocenters. The summed E-state index contributed by atoms with van der Waals surface area (Å²) in [6, 6.07) is 8.51. The second kappa shape index (κ2) is 7.45. The highest BCUT2D eigenvalue weighted by atomic mass is 16.6. The van der Waals surface area contributed by atoms with Gasteiger partial charge in [0.2, 0.25) is 11.5 Å². The van der Waals surface area contributed by atoms with Crippen LogP contribution in [0, 0.1) is 30.9 Å². The number of aromatic nitrogens is 2. The number of pyridine rings is 1. The standard InChI is InChI=1S/C19H19N3O5/c1-12-6-7-18(19(20-12)22(24)25)27-11-17(23)16-9-13(2)21(14(16)3)10-15-5-4-8-26-15/h4-9H,10-11H2,1-3H3. The number of aryl methyl sites for hydroxylation is 2. The van der Waals surface area contributed by atoms with E-state index in [2.05, 4.69) is 4.98 Å². The SMILES string of the molecule is Cc1ccc(OCC(=O)c2cc(C)n(Cc3ccco3)c2C)c([N+](=O)[O-])n1. The normalized spacial score (nSPS) is 10.8. The van der Waals surface area contributed by atoms with Crippen LogP contribution in [-0.4, -0.2) is 26.9 Å². The van der Waals surface area contributed by atoms with E-state index >= 15 is 0 Å². The van der Waals surface area contributed by atoms with Crippen molar-refractivity contribution in [2.45, 2.75) is 27.3 Å². The van der Waals surface area contributed by atoms with Crippen LogP contribution < -0.4 is 4.74 Å². The summed E-state index contributed by atoms with van der Waals surface area (Å²) < 4.78 is 12.7. The molecule has 0 radical (unpaired) electrons. The van der Waals surface area contributed by atoms with Gasteiger partial charge in [-0.1, -0.05) is 0 Å². The van der Waals surface area contributed by atoms with Gasteiger partial charge in [0.15, 0.2) is 6.61 Å². The summed E-state index contributed by atoms with van der Waals surface area (Å²) in [5.41, 5.74) is 2.72. The number of carbonyl (C=O) groups excluding carboxylic acids is 1. The first-order valence-electron chi connectivity index (χ1n) is 8.34. The van der Waals surface area contributed by atoms with Crippen LogP contribution in [0.15, 0.2) is 41.0 Å². The van der Waals surface area contributed by atoms with E-state index in [1.165, 1.54) is 6.07 Å². The van der Waals surface area contributed by atoms with Crippen molar-refractivity contribution in [3.05, 3.63) is 75.1 Å². The molecule has 0 aliphatic heterocycles. The third-order valence-electron chi connectivity index (χ3n) is 4.28. The van der Waals surface area contributed by atoms with Crippen LogP contribution in [0.2, 0.25) is 0 Å². The molecule has 27 heavy (non-hydrogen) atoms. The van der Waals surface area contributed by atoms with Gasteiger partial charge in [-0.05, 0) is 54.1 Å². The van der Waals surface area contributed by atoms with Gasteiger partial charge in [-0.2, -0.15) is 0 Å². The molecule has 3 aromatic rings. The smallest absolute Gasteiger partial charge is 0.406 e. The van der Waals surface area contributed by atoms with Gasteiger partial charge in [-0.3, -0.25) is 4.79 Å². The van der Waals surface area contributed by atoms with Crippen molar-refractivity contribution < 1.29 is 18.9 Å². The Morgan fingerprint density at radius 2 is 2.07 bits per heavy atom. The van der Waals surface area contributed by atoms with Gasteiger partial charge in [0.25, 0.3) is 0 Å². The Kier molecular flexibility index (Phi) is 5.07. The highest BCUT2D eigenvalue weighted by molar-refractivity contribution is 5.98. The molecule has 0 N–H and O–H groups in total. The Hall–Kier alpha value is -3.42. The maximum absolute atomic E-state index is 12.6. The Labute approximate surface area is 155 Å². The number of Topliss-reactive ketones (excluding diaryl/α,β-unsaturated/α-hetero) is 1. The molecule has 0 spiro atoms. The summed E-state index contributed by atoms with van der Waals surface area (Å²) >= 11 is 0. The molecule has 3 aromatic heterocycles. The van der Waals surface area contributed by atoms with Crippen LogP contribution in [0.5, 0.6) is 5.75 Å². The number of carbonyl (C=O) groups is 1. The first kappa shape index (κ1) is 18.4. The van der Waals surface area contributed by atoms with Crippen LogP contribution in [0.25, 0.3) is 0 Å². The molecule has 0 amide bonds. The number of ketones is 1. The Morgan fingerprint density at radius 1 is 1.30 bits per heavy atom. The van der Waals surface area contributed by atoms with Crippen LogP contribution >= 0.6 is 0 Å². The van der Waals surface area contributed by atoms with Crippen molar-refractivity contribution in [2.75, 3.05) is 6.61 Å². The second-order valence-corrected chi connectivity index (χ2v) is 6.19. The maximum Gasteiger partial charge on any atom is 0.406 e. The van der Waals surface area contributed by atoms with E-state index in [1.54, 1.807) is 25.3 Å². The van der Waals surface area contributed by atoms with Gasteiger partial charge in [-0.15, -0.1) is 0 Å². The number of hydrogen-bond donors (Lipinski definition) is 0. The minimum atomic E-state index is -0.623. The summed E-state index contributed by atoms with van der Waals surface area (Å²) in [5, 5.41) is 11.1. The van der Waals surface area contributed by atoms with Gasteiger partial charge < -0.3 is 23.8 Å². The number of ether oxygens (including phenoxy) is 1. The summed E-state index contributed by atoms with van der Waals surface area (Å²) in [7, 11) is 0. The average molecular weight is 369 g/mol. The van der Waals surface area contributed by atoms with Gasteiger partial charge in [0, 0.05) is 23.9 Å². The van der Waals surface area contributed by atoms with Crippen molar-refractivity contribution in [2.24, 2.45) is 0 Å². The van der Waals surface area contributed by atoms with Crippen LogP contribution in [0.4, 0.5) is 5.82 Å². The molecule has 0 bridgehead atoms. The van der Waals surface area contributed by atoms with E-state index in [0.29, 0.717) is 17.8 Å². The molecule has 140 valence electrons. The summed E-state index contributed by atoms with van der Waals surface area (Å²) in [5.74, 6) is 0.103. The lowest BCUT2D eigenvalue weighted by atomic mass is 10.1. The molecule has 0 aliphatic carbocycles. The third kappa shape index (κ3) is 3.89. The van der Waals surface area contributed by atoms with Gasteiger partial charge in [0.05, 0.1) is 12.8 Å². The summed E-state index contributed by atoms with van der Waals surface area (Å²) in [4.78, 5) is 26.9. The fourth-order valence-corrected chi connectivity index (χ4v) is 2.88. The van der Waals surface area contributed by atoms with Gasteiger partial charge >= 0.3 is 5.82 Å². The monoisotopic (exact) mass is 369 g/mol. The van der Waals surface area contributed by atoms with Gasteiger partial charge in [0.1, 0.15) is 11.5 Å². The molecule has 0 aliphatic rings. The maximum atomic E-state index is 12.6. The van der Waals surface area contributed by atoms with E-state index in [1.807, 2.05) is 30.5 Å².